The number of aliphatic hydroxyl groups is 1. The van der Waals surface area contributed by atoms with Crippen molar-refractivity contribution in [2.75, 3.05) is 13.2 Å². The lowest BCUT2D eigenvalue weighted by Crippen LogP contribution is -2.41. The summed E-state index contributed by atoms with van der Waals surface area (Å²) in [6.07, 6.45) is 17.6. The molecule has 0 aromatic heterocycles. The van der Waals surface area contributed by atoms with Gasteiger partial charge in [0.15, 0.2) is 0 Å². The van der Waals surface area contributed by atoms with E-state index in [-0.39, 0.29) is 5.41 Å². The van der Waals surface area contributed by atoms with Gasteiger partial charge in [0.2, 0.25) is 0 Å². The molecule has 126 valence electrons. The average molecular weight is 298 g/mol. The highest BCUT2D eigenvalue weighted by Crippen LogP contribution is 2.25. The van der Waals surface area contributed by atoms with Crippen molar-refractivity contribution in [3.8, 4) is 0 Å². The van der Waals surface area contributed by atoms with E-state index in [1.807, 2.05) is 0 Å². The maximum atomic E-state index is 9.72. The summed E-state index contributed by atoms with van der Waals surface area (Å²) in [6.45, 7) is 5.73. The molecule has 1 saturated carbocycles. The Hall–Kier alpha value is -0.0800. The van der Waals surface area contributed by atoms with Gasteiger partial charge in [-0.25, -0.2) is 0 Å². The Bertz CT molecular complexity index is 217. The Kier molecular flexibility index (Phi) is 10.4. The third-order valence-corrected chi connectivity index (χ3v) is 5.71. The second kappa shape index (κ2) is 11.5. The Morgan fingerprint density at radius 3 is 1.62 bits per heavy atom. The van der Waals surface area contributed by atoms with Crippen LogP contribution in [0.1, 0.15) is 97.3 Å². The molecule has 0 unspecified atom stereocenters. The molecule has 0 radical (unpaired) electrons. The smallest absolute Gasteiger partial charge is 0.0499 e. The number of hydrogen-bond donors (Lipinski definition) is 2. The second-order valence-corrected chi connectivity index (χ2v) is 7.20. The first-order valence-electron chi connectivity index (χ1n) is 9.60. The fraction of sp³-hybridized carbons (Fsp3) is 1.00. The molecule has 0 bridgehead atoms. The summed E-state index contributed by atoms with van der Waals surface area (Å²) in [5, 5.41) is 13.5. The summed E-state index contributed by atoms with van der Waals surface area (Å²) in [7, 11) is 0. The Balaban J connectivity index is 2.40. The summed E-state index contributed by atoms with van der Waals surface area (Å²) in [5.74, 6) is 0. The topological polar surface area (TPSA) is 32.3 Å². The largest absolute Gasteiger partial charge is 0.396 e. The van der Waals surface area contributed by atoms with Gasteiger partial charge < -0.3 is 10.4 Å². The first kappa shape index (κ1) is 19.0. The van der Waals surface area contributed by atoms with E-state index >= 15 is 0 Å². The van der Waals surface area contributed by atoms with E-state index in [4.69, 9.17) is 0 Å². The zero-order valence-corrected chi connectivity index (χ0v) is 14.6. The Labute approximate surface area is 133 Å². The van der Waals surface area contributed by atoms with Gasteiger partial charge in [0.1, 0.15) is 0 Å². The number of nitrogens with one attached hydrogen (secondary N) is 1. The third-order valence-electron chi connectivity index (χ3n) is 5.71. The van der Waals surface area contributed by atoms with Gasteiger partial charge in [0.25, 0.3) is 0 Å². The standard InChI is InChI=1S/C19H39NO/c1-3-19(4-2,17-21)16-20-18-14-12-10-8-6-5-7-9-11-13-15-18/h18,20-21H,3-17H2,1-2H3. The highest BCUT2D eigenvalue weighted by molar-refractivity contribution is 4.81. The van der Waals surface area contributed by atoms with Crippen LogP contribution in [0.3, 0.4) is 0 Å². The van der Waals surface area contributed by atoms with Crippen molar-refractivity contribution in [1.29, 1.82) is 0 Å². The molecule has 2 heteroatoms. The van der Waals surface area contributed by atoms with E-state index in [9.17, 15) is 5.11 Å². The molecular weight excluding hydrogens is 258 g/mol. The van der Waals surface area contributed by atoms with E-state index in [1.165, 1.54) is 70.6 Å². The second-order valence-electron chi connectivity index (χ2n) is 7.20. The molecule has 1 aliphatic rings. The normalized spacial score (nSPS) is 20.7. The maximum absolute atomic E-state index is 9.72. The molecule has 1 fully saturated rings. The van der Waals surface area contributed by atoms with Crippen molar-refractivity contribution in [3.05, 3.63) is 0 Å². The highest BCUT2D eigenvalue weighted by atomic mass is 16.3. The van der Waals surface area contributed by atoms with Crippen LogP contribution in [-0.2, 0) is 0 Å². The summed E-state index contributed by atoms with van der Waals surface area (Å²) in [5.41, 5.74) is 0.101. The molecule has 0 aromatic carbocycles. The lowest BCUT2D eigenvalue weighted by Gasteiger charge is -2.32. The quantitative estimate of drug-likeness (QED) is 0.719. The molecule has 0 heterocycles. The SMILES string of the molecule is CCC(CC)(CO)CNC1CCCCCCCCCCC1. The highest BCUT2D eigenvalue weighted by Gasteiger charge is 2.25. The van der Waals surface area contributed by atoms with Crippen LogP contribution in [0, 0.1) is 5.41 Å². The summed E-state index contributed by atoms with van der Waals surface area (Å²) < 4.78 is 0. The Morgan fingerprint density at radius 1 is 0.810 bits per heavy atom. The fourth-order valence-corrected chi connectivity index (χ4v) is 3.51. The van der Waals surface area contributed by atoms with Gasteiger partial charge >= 0.3 is 0 Å². The molecule has 0 atom stereocenters. The van der Waals surface area contributed by atoms with Gasteiger partial charge in [-0.2, -0.15) is 0 Å². The predicted molar refractivity (Wildman–Crippen MR) is 92.7 cm³/mol. The van der Waals surface area contributed by atoms with Gasteiger partial charge in [0.05, 0.1) is 0 Å². The zero-order valence-electron chi connectivity index (χ0n) is 14.6. The van der Waals surface area contributed by atoms with E-state index in [2.05, 4.69) is 19.2 Å². The third kappa shape index (κ3) is 7.65. The number of aliphatic hydroxyl groups excluding tert-OH is 1. The van der Waals surface area contributed by atoms with Crippen molar-refractivity contribution in [3.63, 3.8) is 0 Å². The van der Waals surface area contributed by atoms with Gasteiger partial charge in [-0.1, -0.05) is 71.6 Å². The molecule has 0 saturated heterocycles. The van der Waals surface area contributed by atoms with Crippen LogP contribution in [0.25, 0.3) is 0 Å². The number of hydrogen-bond acceptors (Lipinski definition) is 2. The molecule has 0 aromatic rings. The predicted octanol–water partition coefficient (Wildman–Crippen LogP) is 5.05. The van der Waals surface area contributed by atoms with Gasteiger partial charge in [-0.05, 0) is 25.7 Å². The van der Waals surface area contributed by atoms with Crippen LogP contribution in [0.5, 0.6) is 0 Å². The van der Waals surface area contributed by atoms with Crippen LogP contribution in [0.15, 0.2) is 0 Å². The minimum Gasteiger partial charge on any atom is -0.396 e. The van der Waals surface area contributed by atoms with Crippen molar-refractivity contribution in [1.82, 2.24) is 5.32 Å². The van der Waals surface area contributed by atoms with Crippen molar-refractivity contribution in [2.45, 2.75) is 103 Å². The van der Waals surface area contributed by atoms with Crippen molar-refractivity contribution >= 4 is 0 Å². The molecule has 1 rings (SSSR count). The Morgan fingerprint density at radius 2 is 1.24 bits per heavy atom. The number of rotatable bonds is 6. The fourth-order valence-electron chi connectivity index (χ4n) is 3.51. The summed E-state index contributed by atoms with van der Waals surface area (Å²) in [4.78, 5) is 0. The minimum atomic E-state index is 0.101. The molecule has 2 N–H and O–H groups in total. The minimum absolute atomic E-state index is 0.101. The van der Waals surface area contributed by atoms with Gasteiger partial charge in [0, 0.05) is 24.6 Å². The van der Waals surface area contributed by atoms with Crippen molar-refractivity contribution in [2.24, 2.45) is 5.41 Å². The molecular formula is C19H39NO. The first-order chi connectivity index (χ1) is 10.3. The lowest BCUT2D eigenvalue weighted by atomic mass is 9.82. The van der Waals surface area contributed by atoms with Crippen LogP contribution in [0.2, 0.25) is 0 Å². The average Bonchev–Trinajstić information content (AvgIpc) is 2.51. The van der Waals surface area contributed by atoms with E-state index < -0.39 is 0 Å². The van der Waals surface area contributed by atoms with Crippen molar-refractivity contribution < 1.29 is 5.11 Å². The van der Waals surface area contributed by atoms with Crippen LogP contribution in [0.4, 0.5) is 0 Å². The molecule has 2 nitrogen and oxygen atoms in total. The maximum Gasteiger partial charge on any atom is 0.0499 e. The van der Waals surface area contributed by atoms with Gasteiger partial charge in [-0.15, -0.1) is 0 Å². The molecule has 1 aliphatic carbocycles. The molecule has 0 amide bonds. The van der Waals surface area contributed by atoms with Crippen LogP contribution >= 0.6 is 0 Å². The summed E-state index contributed by atoms with van der Waals surface area (Å²) >= 11 is 0. The van der Waals surface area contributed by atoms with Crippen LogP contribution < -0.4 is 5.32 Å². The molecule has 21 heavy (non-hydrogen) atoms. The van der Waals surface area contributed by atoms with Crippen LogP contribution in [-0.4, -0.2) is 24.3 Å². The van der Waals surface area contributed by atoms with E-state index in [0.717, 1.165) is 19.4 Å². The van der Waals surface area contributed by atoms with E-state index in [0.29, 0.717) is 12.6 Å². The monoisotopic (exact) mass is 297 g/mol. The zero-order chi connectivity index (χ0) is 15.4. The summed E-state index contributed by atoms with van der Waals surface area (Å²) in [6, 6.07) is 0.674. The molecule has 0 aliphatic heterocycles. The molecule has 0 spiro atoms. The van der Waals surface area contributed by atoms with Gasteiger partial charge in [-0.3, -0.25) is 0 Å². The lowest BCUT2D eigenvalue weighted by molar-refractivity contribution is 0.108. The van der Waals surface area contributed by atoms with E-state index in [1.54, 1.807) is 0 Å². The first-order valence-corrected chi connectivity index (χ1v) is 9.60.